The highest BCUT2D eigenvalue weighted by molar-refractivity contribution is 5.73. The van der Waals surface area contributed by atoms with E-state index in [1.165, 1.54) is 12.8 Å². The second-order valence-electron chi connectivity index (χ2n) is 5.47. The van der Waals surface area contributed by atoms with Crippen LogP contribution < -0.4 is 0 Å². The summed E-state index contributed by atoms with van der Waals surface area (Å²) in [5.41, 5.74) is 0.292. The summed E-state index contributed by atoms with van der Waals surface area (Å²) in [7, 11) is 0. The molecular weight excluding hydrogens is 214 g/mol. The van der Waals surface area contributed by atoms with Crippen molar-refractivity contribution in [3.8, 4) is 6.07 Å². The van der Waals surface area contributed by atoms with Crippen LogP contribution >= 0.6 is 0 Å². The predicted octanol–water partition coefficient (Wildman–Crippen LogP) is 1.23. The average Bonchev–Trinajstić information content (AvgIpc) is 3.04. The Bertz CT molecular complexity index is 330. The molecule has 1 aliphatic carbocycles. The molecule has 1 aliphatic heterocycles. The highest BCUT2D eigenvalue weighted by atomic mass is 16.2. The monoisotopic (exact) mass is 235 g/mol. The molecule has 0 aromatic carbocycles. The third-order valence-electron chi connectivity index (χ3n) is 4.00. The maximum absolute atomic E-state index is 11.3. The topological polar surface area (TPSA) is 47.3 Å². The fraction of sp³-hybridized carbons (Fsp3) is 0.846. The zero-order valence-corrected chi connectivity index (χ0v) is 10.6. The first-order chi connectivity index (χ1) is 8.15. The van der Waals surface area contributed by atoms with E-state index in [4.69, 9.17) is 5.26 Å². The molecule has 0 N–H and O–H groups in total. The summed E-state index contributed by atoms with van der Waals surface area (Å²) in [6.07, 6.45) is 4.16. The summed E-state index contributed by atoms with van der Waals surface area (Å²) >= 11 is 0. The molecule has 2 fully saturated rings. The van der Waals surface area contributed by atoms with Crippen molar-refractivity contribution in [2.75, 3.05) is 32.7 Å². The van der Waals surface area contributed by atoms with E-state index in [0.29, 0.717) is 11.8 Å². The minimum atomic E-state index is 0.185. The van der Waals surface area contributed by atoms with Gasteiger partial charge in [0.15, 0.2) is 0 Å². The van der Waals surface area contributed by atoms with E-state index in [-0.39, 0.29) is 5.91 Å². The molecule has 0 bridgehead atoms. The molecule has 94 valence electrons. The summed E-state index contributed by atoms with van der Waals surface area (Å²) < 4.78 is 0. The van der Waals surface area contributed by atoms with Gasteiger partial charge in [-0.1, -0.05) is 0 Å². The second kappa shape index (κ2) is 5.05. The number of amides is 1. The van der Waals surface area contributed by atoms with Crippen molar-refractivity contribution in [2.24, 2.45) is 5.41 Å². The van der Waals surface area contributed by atoms with Gasteiger partial charge in [0.2, 0.25) is 5.91 Å². The Labute approximate surface area is 103 Å². The van der Waals surface area contributed by atoms with Crippen molar-refractivity contribution in [1.82, 2.24) is 9.80 Å². The third-order valence-corrected chi connectivity index (χ3v) is 4.00. The molecule has 0 radical (unpaired) electrons. The van der Waals surface area contributed by atoms with Gasteiger partial charge in [-0.3, -0.25) is 4.79 Å². The molecule has 1 saturated heterocycles. The first-order valence-corrected chi connectivity index (χ1v) is 6.50. The van der Waals surface area contributed by atoms with Gasteiger partial charge < -0.3 is 9.80 Å². The summed E-state index contributed by atoms with van der Waals surface area (Å²) in [5.74, 6) is 0.185. The van der Waals surface area contributed by atoms with Crippen LogP contribution in [0.5, 0.6) is 0 Å². The zero-order valence-electron chi connectivity index (χ0n) is 10.6. The van der Waals surface area contributed by atoms with Gasteiger partial charge in [0.05, 0.1) is 6.07 Å². The molecule has 0 spiro atoms. The van der Waals surface area contributed by atoms with Gasteiger partial charge in [0, 0.05) is 39.5 Å². The van der Waals surface area contributed by atoms with Gasteiger partial charge in [-0.05, 0) is 31.2 Å². The molecule has 17 heavy (non-hydrogen) atoms. The van der Waals surface area contributed by atoms with Crippen LogP contribution in [-0.2, 0) is 4.79 Å². The molecule has 1 saturated carbocycles. The fourth-order valence-electron chi connectivity index (χ4n) is 2.65. The van der Waals surface area contributed by atoms with E-state index in [9.17, 15) is 4.79 Å². The molecule has 4 heteroatoms. The van der Waals surface area contributed by atoms with E-state index in [1.807, 2.05) is 4.90 Å². The van der Waals surface area contributed by atoms with E-state index in [0.717, 1.165) is 39.1 Å². The van der Waals surface area contributed by atoms with Crippen LogP contribution in [-0.4, -0.2) is 48.4 Å². The highest BCUT2D eigenvalue weighted by Gasteiger charge is 2.43. The highest BCUT2D eigenvalue weighted by Crippen LogP contribution is 2.49. The number of carbonyl (C=O) groups is 1. The van der Waals surface area contributed by atoms with Crippen molar-refractivity contribution in [1.29, 1.82) is 5.26 Å². The van der Waals surface area contributed by atoms with Crippen molar-refractivity contribution < 1.29 is 4.79 Å². The maximum atomic E-state index is 11.3. The van der Waals surface area contributed by atoms with E-state index < -0.39 is 0 Å². The van der Waals surface area contributed by atoms with Crippen molar-refractivity contribution in [3.63, 3.8) is 0 Å². The SMILES string of the molecule is CC(=O)N1CCCN(CC2(CC#N)CC2)CC1. The van der Waals surface area contributed by atoms with E-state index in [2.05, 4.69) is 11.0 Å². The lowest BCUT2D eigenvalue weighted by Crippen LogP contribution is -2.36. The van der Waals surface area contributed by atoms with Crippen LogP contribution in [0.1, 0.15) is 32.6 Å². The number of hydrogen-bond donors (Lipinski definition) is 0. The molecule has 2 aliphatic rings. The Kier molecular flexibility index (Phi) is 3.68. The summed E-state index contributed by atoms with van der Waals surface area (Å²) in [4.78, 5) is 15.7. The first-order valence-electron chi connectivity index (χ1n) is 6.50. The average molecular weight is 235 g/mol. The smallest absolute Gasteiger partial charge is 0.219 e. The molecule has 0 atom stereocenters. The Hall–Kier alpha value is -1.08. The minimum absolute atomic E-state index is 0.185. The summed E-state index contributed by atoms with van der Waals surface area (Å²) in [6.45, 7) is 6.46. The van der Waals surface area contributed by atoms with Crippen LogP contribution in [0, 0.1) is 16.7 Å². The zero-order chi connectivity index (χ0) is 12.3. The Morgan fingerprint density at radius 1 is 1.29 bits per heavy atom. The number of rotatable bonds is 3. The van der Waals surface area contributed by atoms with Crippen LogP contribution in [0.2, 0.25) is 0 Å². The number of nitrogens with zero attached hydrogens (tertiary/aromatic N) is 3. The lowest BCUT2D eigenvalue weighted by Gasteiger charge is -2.24. The minimum Gasteiger partial charge on any atom is -0.342 e. The predicted molar refractivity (Wildman–Crippen MR) is 65.2 cm³/mol. The maximum Gasteiger partial charge on any atom is 0.219 e. The molecule has 2 rings (SSSR count). The van der Waals surface area contributed by atoms with Crippen LogP contribution in [0.25, 0.3) is 0 Å². The van der Waals surface area contributed by atoms with Crippen LogP contribution in [0.3, 0.4) is 0 Å². The van der Waals surface area contributed by atoms with E-state index in [1.54, 1.807) is 6.92 Å². The standard InChI is InChI=1S/C13H21N3O/c1-12(17)16-8-2-7-15(9-10-16)11-13(3-4-13)5-6-14/h2-5,7-11H2,1H3. The summed E-state index contributed by atoms with van der Waals surface area (Å²) in [6, 6.07) is 2.31. The second-order valence-corrected chi connectivity index (χ2v) is 5.47. The molecule has 1 heterocycles. The van der Waals surface area contributed by atoms with Gasteiger partial charge in [0.25, 0.3) is 0 Å². The summed E-state index contributed by atoms with van der Waals surface area (Å²) in [5, 5.41) is 8.82. The van der Waals surface area contributed by atoms with Gasteiger partial charge >= 0.3 is 0 Å². The Morgan fingerprint density at radius 2 is 2.06 bits per heavy atom. The molecule has 0 aromatic heterocycles. The number of hydrogen-bond acceptors (Lipinski definition) is 3. The quantitative estimate of drug-likeness (QED) is 0.739. The number of nitriles is 1. The van der Waals surface area contributed by atoms with Crippen molar-refractivity contribution in [2.45, 2.75) is 32.6 Å². The van der Waals surface area contributed by atoms with Gasteiger partial charge in [-0.2, -0.15) is 5.26 Å². The molecule has 0 unspecified atom stereocenters. The van der Waals surface area contributed by atoms with Gasteiger partial charge in [-0.15, -0.1) is 0 Å². The molecule has 0 aromatic rings. The van der Waals surface area contributed by atoms with Gasteiger partial charge in [0.1, 0.15) is 0 Å². The van der Waals surface area contributed by atoms with Gasteiger partial charge in [-0.25, -0.2) is 0 Å². The van der Waals surface area contributed by atoms with Crippen molar-refractivity contribution >= 4 is 5.91 Å². The lowest BCUT2D eigenvalue weighted by molar-refractivity contribution is -0.128. The molecular formula is C13H21N3O. The van der Waals surface area contributed by atoms with Crippen LogP contribution in [0.4, 0.5) is 0 Å². The molecule has 4 nitrogen and oxygen atoms in total. The number of carbonyl (C=O) groups excluding carboxylic acids is 1. The van der Waals surface area contributed by atoms with E-state index >= 15 is 0 Å². The normalized spacial score (nSPS) is 23.9. The first kappa shape index (κ1) is 12.4. The Morgan fingerprint density at radius 3 is 2.65 bits per heavy atom. The van der Waals surface area contributed by atoms with Crippen LogP contribution in [0.15, 0.2) is 0 Å². The molecule has 1 amide bonds. The third kappa shape index (κ3) is 3.19. The Balaban J connectivity index is 1.83. The van der Waals surface area contributed by atoms with Crippen molar-refractivity contribution in [3.05, 3.63) is 0 Å². The lowest BCUT2D eigenvalue weighted by atomic mass is 10.0. The largest absolute Gasteiger partial charge is 0.342 e. The fourth-order valence-corrected chi connectivity index (χ4v) is 2.65.